The third kappa shape index (κ3) is 5.81. The van der Waals surface area contributed by atoms with E-state index in [4.69, 9.17) is 10.5 Å². The number of rotatable bonds is 8. The number of aryl methyl sites for hydroxylation is 2. The van der Waals surface area contributed by atoms with Crippen molar-refractivity contribution in [2.75, 3.05) is 17.8 Å². The van der Waals surface area contributed by atoms with Crippen LogP contribution in [0.5, 0.6) is 0 Å². The molecule has 0 atom stereocenters. The third-order valence-corrected chi connectivity index (χ3v) is 5.83. The normalized spacial score (nSPS) is 10.6. The highest BCUT2D eigenvalue weighted by Crippen LogP contribution is 2.20. The number of nitriles is 2. The van der Waals surface area contributed by atoms with Crippen molar-refractivity contribution in [1.82, 2.24) is 4.90 Å². The topological polar surface area (TPSA) is 114 Å². The number of nitrogens with zero attached hydrogens (tertiary/aromatic N) is 3. The molecule has 0 heterocycles. The predicted octanol–water partition coefficient (Wildman–Crippen LogP) is 3.37. The molecule has 1 N–H and O–H groups in total. The van der Waals surface area contributed by atoms with Crippen LogP contribution >= 0.6 is 0 Å². The third-order valence-electron chi connectivity index (χ3n) is 4.45. The quantitative estimate of drug-likeness (QED) is 0.716. The number of sulfonamides is 1. The van der Waals surface area contributed by atoms with Gasteiger partial charge in [0.15, 0.2) is 0 Å². The number of anilines is 1. The van der Waals surface area contributed by atoms with Gasteiger partial charge in [-0.1, -0.05) is 6.07 Å². The molecule has 0 bridgehead atoms. The SMILES string of the molecule is Cc1ccc(S(=O)(=O)Nc2ccc(C(=O)N(CCC#N)CCC#N)cc2)cc1C. The van der Waals surface area contributed by atoms with E-state index in [-0.39, 0.29) is 36.7 Å². The van der Waals surface area contributed by atoms with Gasteiger partial charge in [-0.2, -0.15) is 10.5 Å². The first-order valence-corrected chi connectivity index (χ1v) is 10.5. The van der Waals surface area contributed by atoms with E-state index in [1.54, 1.807) is 18.2 Å². The maximum atomic E-state index is 12.6. The average molecular weight is 410 g/mol. The molecule has 0 unspecified atom stereocenters. The van der Waals surface area contributed by atoms with Crippen LogP contribution < -0.4 is 4.72 Å². The van der Waals surface area contributed by atoms with Crippen molar-refractivity contribution in [2.45, 2.75) is 31.6 Å². The summed E-state index contributed by atoms with van der Waals surface area (Å²) in [5.74, 6) is -0.306. The van der Waals surface area contributed by atoms with Gasteiger partial charge in [0.25, 0.3) is 15.9 Å². The van der Waals surface area contributed by atoms with E-state index in [1.165, 1.54) is 29.2 Å². The number of carbonyl (C=O) groups is 1. The number of nitrogens with one attached hydrogen (secondary N) is 1. The molecular weight excluding hydrogens is 388 g/mol. The number of carbonyl (C=O) groups excluding carboxylic acids is 1. The molecule has 2 aromatic rings. The van der Waals surface area contributed by atoms with Gasteiger partial charge in [0, 0.05) is 24.3 Å². The van der Waals surface area contributed by atoms with E-state index in [0.29, 0.717) is 11.3 Å². The molecule has 0 saturated heterocycles. The van der Waals surface area contributed by atoms with E-state index < -0.39 is 10.0 Å². The van der Waals surface area contributed by atoms with Crippen LogP contribution in [0.25, 0.3) is 0 Å². The fourth-order valence-electron chi connectivity index (χ4n) is 2.64. The van der Waals surface area contributed by atoms with E-state index in [2.05, 4.69) is 4.72 Å². The molecule has 7 nitrogen and oxygen atoms in total. The van der Waals surface area contributed by atoms with Crippen molar-refractivity contribution in [3.05, 3.63) is 59.2 Å². The van der Waals surface area contributed by atoms with Crippen LogP contribution in [-0.2, 0) is 10.0 Å². The van der Waals surface area contributed by atoms with Gasteiger partial charge in [0.2, 0.25) is 0 Å². The monoisotopic (exact) mass is 410 g/mol. The van der Waals surface area contributed by atoms with E-state index in [9.17, 15) is 13.2 Å². The number of benzene rings is 2. The lowest BCUT2D eigenvalue weighted by Gasteiger charge is -2.20. The minimum absolute atomic E-state index is 0.167. The molecule has 2 rings (SSSR count). The van der Waals surface area contributed by atoms with Gasteiger partial charge >= 0.3 is 0 Å². The minimum Gasteiger partial charge on any atom is -0.337 e. The second-order valence-electron chi connectivity index (χ2n) is 6.54. The Morgan fingerprint density at radius 3 is 2.07 bits per heavy atom. The van der Waals surface area contributed by atoms with Crippen LogP contribution in [0.1, 0.15) is 34.3 Å². The summed E-state index contributed by atoms with van der Waals surface area (Å²) in [5, 5.41) is 17.5. The summed E-state index contributed by atoms with van der Waals surface area (Å²) >= 11 is 0. The maximum absolute atomic E-state index is 12.6. The van der Waals surface area contributed by atoms with E-state index in [0.717, 1.165) is 11.1 Å². The van der Waals surface area contributed by atoms with Crippen LogP contribution in [0.3, 0.4) is 0 Å². The first kappa shape index (κ1) is 21.9. The number of hydrogen-bond donors (Lipinski definition) is 1. The molecule has 0 spiro atoms. The summed E-state index contributed by atoms with van der Waals surface area (Å²) in [6, 6.07) is 14.9. The van der Waals surface area contributed by atoms with Gasteiger partial charge in [0.1, 0.15) is 0 Å². The summed E-state index contributed by atoms with van der Waals surface area (Å²) in [5.41, 5.74) is 2.57. The Bertz CT molecular complexity index is 1050. The van der Waals surface area contributed by atoms with Crippen molar-refractivity contribution >= 4 is 21.6 Å². The number of hydrogen-bond acceptors (Lipinski definition) is 5. The van der Waals surface area contributed by atoms with Crippen LogP contribution in [0, 0.1) is 36.5 Å². The molecule has 0 saturated carbocycles. The summed E-state index contributed by atoms with van der Waals surface area (Å²) in [7, 11) is -3.74. The Balaban J connectivity index is 2.16. The molecule has 2 aromatic carbocycles. The van der Waals surface area contributed by atoms with Gasteiger partial charge in [0.05, 0.1) is 29.9 Å². The Labute approximate surface area is 171 Å². The smallest absolute Gasteiger partial charge is 0.261 e. The van der Waals surface area contributed by atoms with Gasteiger partial charge in [-0.25, -0.2) is 8.42 Å². The van der Waals surface area contributed by atoms with Gasteiger partial charge in [-0.05, 0) is 61.4 Å². The second kappa shape index (κ2) is 9.72. The summed E-state index contributed by atoms with van der Waals surface area (Å²) in [4.78, 5) is 14.2. The van der Waals surface area contributed by atoms with Gasteiger partial charge in [-0.15, -0.1) is 0 Å². The van der Waals surface area contributed by atoms with Crippen LogP contribution in [0.2, 0.25) is 0 Å². The van der Waals surface area contributed by atoms with Crippen molar-refractivity contribution in [2.24, 2.45) is 0 Å². The minimum atomic E-state index is -3.74. The van der Waals surface area contributed by atoms with Crippen LogP contribution in [0.15, 0.2) is 47.4 Å². The Morgan fingerprint density at radius 1 is 0.966 bits per heavy atom. The van der Waals surface area contributed by atoms with Crippen LogP contribution in [0.4, 0.5) is 5.69 Å². The molecule has 8 heteroatoms. The van der Waals surface area contributed by atoms with Crippen molar-refractivity contribution in [1.29, 1.82) is 10.5 Å². The summed E-state index contributed by atoms with van der Waals surface area (Å²) < 4.78 is 27.7. The molecule has 0 aliphatic heterocycles. The molecule has 150 valence electrons. The fourth-order valence-corrected chi connectivity index (χ4v) is 3.79. The molecule has 0 fully saturated rings. The first-order chi connectivity index (χ1) is 13.8. The summed E-state index contributed by atoms with van der Waals surface area (Å²) in [6.45, 7) is 4.22. The highest BCUT2D eigenvalue weighted by molar-refractivity contribution is 7.92. The van der Waals surface area contributed by atoms with Crippen molar-refractivity contribution < 1.29 is 13.2 Å². The largest absolute Gasteiger partial charge is 0.337 e. The average Bonchev–Trinajstić information content (AvgIpc) is 2.70. The molecule has 29 heavy (non-hydrogen) atoms. The molecule has 1 amide bonds. The highest BCUT2D eigenvalue weighted by Gasteiger charge is 2.17. The Kier molecular flexibility index (Phi) is 7.35. The lowest BCUT2D eigenvalue weighted by molar-refractivity contribution is 0.0762. The molecule has 0 aliphatic rings. The predicted molar refractivity (Wildman–Crippen MR) is 110 cm³/mol. The zero-order valence-electron chi connectivity index (χ0n) is 16.3. The Hall–Kier alpha value is -3.36. The van der Waals surface area contributed by atoms with Gasteiger partial charge in [-0.3, -0.25) is 9.52 Å². The molecule has 0 aliphatic carbocycles. The van der Waals surface area contributed by atoms with Crippen molar-refractivity contribution in [3.8, 4) is 12.1 Å². The molecule has 0 aromatic heterocycles. The van der Waals surface area contributed by atoms with Gasteiger partial charge < -0.3 is 4.90 Å². The lowest BCUT2D eigenvalue weighted by atomic mass is 10.1. The summed E-state index contributed by atoms with van der Waals surface area (Å²) in [6.07, 6.45) is 0.343. The van der Waals surface area contributed by atoms with Crippen molar-refractivity contribution in [3.63, 3.8) is 0 Å². The Morgan fingerprint density at radius 2 is 1.55 bits per heavy atom. The zero-order valence-corrected chi connectivity index (χ0v) is 17.2. The maximum Gasteiger partial charge on any atom is 0.261 e. The highest BCUT2D eigenvalue weighted by atomic mass is 32.2. The van der Waals surface area contributed by atoms with Crippen LogP contribution in [-0.4, -0.2) is 32.3 Å². The zero-order chi connectivity index (χ0) is 21.4. The standard InChI is InChI=1S/C21H22N4O3S/c1-16-5-10-20(15-17(16)2)29(27,28)24-19-8-6-18(7-9-19)21(26)25(13-3-11-22)14-4-12-23/h5-10,15,24H,3-4,13-14H2,1-2H3. The first-order valence-electron chi connectivity index (χ1n) is 9.02. The molecular formula is C21H22N4O3S. The number of amides is 1. The second-order valence-corrected chi connectivity index (χ2v) is 8.22. The van der Waals surface area contributed by atoms with E-state index >= 15 is 0 Å². The van der Waals surface area contributed by atoms with E-state index in [1.807, 2.05) is 26.0 Å². The molecule has 0 radical (unpaired) electrons. The lowest BCUT2D eigenvalue weighted by Crippen LogP contribution is -2.32. The fraction of sp³-hybridized carbons (Fsp3) is 0.286.